The Morgan fingerprint density at radius 1 is 0.981 bits per heavy atom. The van der Waals surface area contributed by atoms with E-state index in [1.54, 1.807) is 42.6 Å². The summed E-state index contributed by atoms with van der Waals surface area (Å²) in [7, 11) is 2.91. The van der Waals surface area contributed by atoms with Crippen molar-refractivity contribution in [3.8, 4) is 22.6 Å². The molecule has 1 amide bonds. The van der Waals surface area contributed by atoms with E-state index in [4.69, 9.17) is 42.4 Å². The number of rotatable bonds is 13. The van der Waals surface area contributed by atoms with Gasteiger partial charge in [-0.2, -0.15) is 4.98 Å². The van der Waals surface area contributed by atoms with Gasteiger partial charge in [0.25, 0.3) is 5.56 Å². The highest BCUT2D eigenvalue weighted by atomic mass is 35.5. The number of nitrogens with zero attached hydrogens (tertiary/aromatic N) is 4. The average molecular weight is 770 g/mol. The van der Waals surface area contributed by atoms with Crippen LogP contribution in [0.3, 0.4) is 0 Å². The molecule has 278 valence electrons. The minimum absolute atomic E-state index is 0.0814. The molecular formula is C40H38Cl2N6O6. The molecule has 0 radical (unpaired) electrons. The number of benzene rings is 3. The van der Waals surface area contributed by atoms with Crippen molar-refractivity contribution in [1.82, 2.24) is 14.5 Å². The number of ketones is 1. The molecule has 6 rings (SSSR count). The van der Waals surface area contributed by atoms with Crippen LogP contribution in [-0.2, 0) is 27.3 Å². The monoisotopic (exact) mass is 768 g/mol. The first-order valence-corrected chi connectivity index (χ1v) is 17.7. The maximum atomic E-state index is 14.6. The van der Waals surface area contributed by atoms with E-state index in [-0.39, 0.29) is 63.3 Å². The van der Waals surface area contributed by atoms with E-state index in [0.29, 0.717) is 35.6 Å². The summed E-state index contributed by atoms with van der Waals surface area (Å²) in [6.07, 6.45) is 4.20. The number of allylic oxidation sites excluding steroid dienone is 1. The zero-order valence-electron chi connectivity index (χ0n) is 30.0. The quantitative estimate of drug-likeness (QED) is 0.119. The molecule has 0 bridgehead atoms. The number of fused-ring (bicyclic) bond motifs is 1. The molecule has 1 saturated heterocycles. The van der Waals surface area contributed by atoms with Crippen LogP contribution < -0.4 is 30.6 Å². The second-order valence-corrected chi connectivity index (χ2v) is 13.2. The lowest BCUT2D eigenvalue weighted by Crippen LogP contribution is -2.36. The highest BCUT2D eigenvalue weighted by Crippen LogP contribution is 2.45. The number of carbonyl (C=O) groups excluding carboxylic acids is 2. The minimum atomic E-state index is -0.446. The number of methoxy groups -OCH3 is 2. The molecule has 0 aliphatic carbocycles. The van der Waals surface area contributed by atoms with E-state index in [1.807, 2.05) is 13.0 Å². The van der Waals surface area contributed by atoms with Gasteiger partial charge in [0.15, 0.2) is 5.78 Å². The first-order chi connectivity index (χ1) is 26.0. The molecule has 0 atom stereocenters. The third-order valence-corrected chi connectivity index (χ3v) is 9.78. The largest absolute Gasteiger partial charge is 0.495 e. The van der Waals surface area contributed by atoms with Gasteiger partial charge in [-0.3, -0.25) is 19.0 Å². The Labute approximate surface area is 322 Å². The molecule has 54 heavy (non-hydrogen) atoms. The van der Waals surface area contributed by atoms with Gasteiger partial charge in [-0.25, -0.2) is 4.98 Å². The van der Waals surface area contributed by atoms with Crippen LogP contribution in [0.1, 0.15) is 16.7 Å². The number of halogens is 2. The number of anilines is 4. The van der Waals surface area contributed by atoms with Crippen molar-refractivity contribution in [2.45, 2.75) is 19.9 Å². The lowest BCUT2D eigenvalue weighted by atomic mass is 10.0. The van der Waals surface area contributed by atoms with Crippen LogP contribution in [0, 0.1) is 6.92 Å². The van der Waals surface area contributed by atoms with Crippen molar-refractivity contribution < 1.29 is 23.8 Å². The Hall–Kier alpha value is -5.69. The maximum Gasteiger partial charge on any atom is 0.260 e. The number of ether oxygens (including phenoxy) is 3. The Kier molecular flexibility index (Phi) is 11.7. The average Bonchev–Trinajstić information content (AvgIpc) is 3.18. The molecule has 0 unspecified atom stereocenters. The van der Waals surface area contributed by atoms with Gasteiger partial charge in [-0.1, -0.05) is 48.5 Å². The topological polar surface area (TPSA) is 137 Å². The molecule has 3 heterocycles. The highest BCUT2D eigenvalue weighted by Gasteiger charge is 2.24. The SMILES string of the molecule is C=CC(=O)Cc1cc(N2CCOCC2)cc(C)c1Nc1ncc2cc(-c3c(Cl)c(OC)cc(OC)c3Cl)c(=O)n(Cc3ccc(NC(=O)C=C)cc3)c2n1. The van der Waals surface area contributed by atoms with Crippen LogP contribution in [0.25, 0.3) is 22.2 Å². The summed E-state index contributed by atoms with van der Waals surface area (Å²) in [6, 6.07) is 14.3. The molecule has 1 aliphatic heterocycles. The van der Waals surface area contributed by atoms with Gasteiger partial charge in [0, 0.05) is 59.8 Å². The smallest absolute Gasteiger partial charge is 0.260 e. The fourth-order valence-electron chi connectivity index (χ4n) is 6.27. The molecule has 5 aromatic rings. The zero-order chi connectivity index (χ0) is 38.5. The summed E-state index contributed by atoms with van der Waals surface area (Å²) in [4.78, 5) is 50.9. The highest BCUT2D eigenvalue weighted by molar-refractivity contribution is 6.41. The summed E-state index contributed by atoms with van der Waals surface area (Å²) in [5, 5.41) is 6.84. The number of aryl methyl sites for hydroxylation is 1. The fraction of sp³-hybridized carbons (Fsp3) is 0.225. The number of nitrogens with one attached hydrogen (secondary N) is 2. The van der Waals surface area contributed by atoms with Crippen LogP contribution in [-0.4, -0.2) is 66.7 Å². The molecular weight excluding hydrogens is 731 g/mol. The lowest BCUT2D eigenvalue weighted by molar-refractivity contribution is -0.114. The molecule has 1 fully saturated rings. The molecule has 0 spiro atoms. The standard InChI is InChI=1S/C40H38Cl2N6O6/c1-6-29(49)18-25-17-28(47-12-14-54-15-13-47)16-23(3)37(25)45-40-43-21-26-19-30(34-35(41)31(52-4)20-32(53-5)36(34)42)39(51)48(38(26)46-40)22-24-8-10-27(11-9-24)44-33(50)7-2/h6-11,16-17,19-21H,1-2,12-15,18,22H2,3-5H3,(H,44,50)(H,43,45,46). The van der Waals surface area contributed by atoms with Gasteiger partial charge in [-0.15, -0.1) is 0 Å². The molecule has 3 aromatic carbocycles. The first-order valence-electron chi connectivity index (χ1n) is 17.0. The molecule has 12 nitrogen and oxygen atoms in total. The van der Waals surface area contributed by atoms with Crippen molar-refractivity contribution in [3.05, 3.63) is 117 Å². The predicted octanol–water partition coefficient (Wildman–Crippen LogP) is 7.14. The van der Waals surface area contributed by atoms with Crippen LogP contribution in [0.15, 0.2) is 84.8 Å². The molecule has 2 N–H and O–H groups in total. The summed E-state index contributed by atoms with van der Waals surface area (Å²) in [5.74, 6) is 0.263. The normalized spacial score (nSPS) is 12.6. The second-order valence-electron chi connectivity index (χ2n) is 12.5. The fourth-order valence-corrected chi connectivity index (χ4v) is 6.97. The van der Waals surface area contributed by atoms with E-state index in [1.165, 1.54) is 30.9 Å². The molecule has 2 aromatic heterocycles. The number of hydrogen-bond acceptors (Lipinski definition) is 10. The number of morpholine rings is 1. The number of aromatic nitrogens is 3. The number of carbonyl (C=O) groups is 2. The van der Waals surface area contributed by atoms with Gasteiger partial charge in [-0.05, 0) is 66.1 Å². The van der Waals surface area contributed by atoms with E-state index in [9.17, 15) is 14.4 Å². The minimum Gasteiger partial charge on any atom is -0.495 e. The molecule has 14 heteroatoms. The van der Waals surface area contributed by atoms with Crippen molar-refractivity contribution in [3.63, 3.8) is 0 Å². The first kappa shape index (κ1) is 38.0. The predicted molar refractivity (Wildman–Crippen MR) is 213 cm³/mol. The van der Waals surface area contributed by atoms with Crippen LogP contribution in [0.4, 0.5) is 23.0 Å². The van der Waals surface area contributed by atoms with E-state index in [0.717, 1.165) is 35.5 Å². The Bertz CT molecular complexity index is 2310. The maximum absolute atomic E-state index is 14.6. The Balaban J connectivity index is 1.50. The summed E-state index contributed by atoms with van der Waals surface area (Å²) in [6.45, 7) is 11.9. The summed E-state index contributed by atoms with van der Waals surface area (Å²) >= 11 is 13.6. The van der Waals surface area contributed by atoms with Crippen molar-refractivity contribution in [2.75, 3.05) is 56.1 Å². The van der Waals surface area contributed by atoms with Gasteiger partial charge < -0.3 is 29.7 Å². The van der Waals surface area contributed by atoms with Gasteiger partial charge in [0.05, 0.1) is 49.6 Å². The van der Waals surface area contributed by atoms with Crippen LogP contribution in [0.2, 0.25) is 10.0 Å². The summed E-state index contributed by atoms with van der Waals surface area (Å²) in [5.41, 5.74) is 4.85. The van der Waals surface area contributed by atoms with Crippen LogP contribution >= 0.6 is 23.2 Å². The zero-order valence-corrected chi connectivity index (χ0v) is 31.5. The van der Waals surface area contributed by atoms with Crippen LogP contribution in [0.5, 0.6) is 11.5 Å². The summed E-state index contributed by atoms with van der Waals surface area (Å²) < 4.78 is 18.0. The number of amides is 1. The van der Waals surface area contributed by atoms with Crippen molar-refractivity contribution in [2.24, 2.45) is 0 Å². The second kappa shape index (κ2) is 16.5. The Morgan fingerprint density at radius 2 is 1.67 bits per heavy atom. The van der Waals surface area contributed by atoms with Gasteiger partial charge in [0.1, 0.15) is 17.1 Å². The van der Waals surface area contributed by atoms with E-state index >= 15 is 0 Å². The number of pyridine rings is 1. The van der Waals surface area contributed by atoms with E-state index < -0.39 is 5.56 Å². The van der Waals surface area contributed by atoms with Gasteiger partial charge >= 0.3 is 0 Å². The lowest BCUT2D eigenvalue weighted by Gasteiger charge is -2.30. The third kappa shape index (κ3) is 7.96. The van der Waals surface area contributed by atoms with Crippen molar-refractivity contribution in [1.29, 1.82) is 0 Å². The van der Waals surface area contributed by atoms with Gasteiger partial charge in [0.2, 0.25) is 11.9 Å². The Morgan fingerprint density at radius 3 is 2.30 bits per heavy atom. The molecule has 0 saturated carbocycles. The molecule has 1 aliphatic rings. The third-order valence-electron chi connectivity index (χ3n) is 9.02. The number of hydrogen-bond donors (Lipinski definition) is 2. The van der Waals surface area contributed by atoms with E-state index in [2.05, 4.69) is 39.7 Å². The van der Waals surface area contributed by atoms with Crippen molar-refractivity contribution >= 4 is 68.9 Å².